The average Bonchev–Trinajstić information content (AvgIpc) is 3.17. The maximum atomic E-state index is 12.2. The molecule has 0 saturated heterocycles. The quantitative estimate of drug-likeness (QED) is 0.544. The number of para-hydroxylation sites is 2. The van der Waals surface area contributed by atoms with Crippen LogP contribution in [0.2, 0.25) is 0 Å². The van der Waals surface area contributed by atoms with E-state index in [9.17, 15) is 4.79 Å². The van der Waals surface area contributed by atoms with Gasteiger partial charge < -0.3 is 14.8 Å². The van der Waals surface area contributed by atoms with Gasteiger partial charge in [-0.25, -0.2) is 9.97 Å². The molecule has 0 saturated carbocycles. The van der Waals surface area contributed by atoms with Crippen molar-refractivity contribution in [2.24, 2.45) is 0 Å². The molecular weight excluding hydrogens is 368 g/mol. The summed E-state index contributed by atoms with van der Waals surface area (Å²) >= 11 is 0. The number of rotatable bonds is 6. The van der Waals surface area contributed by atoms with E-state index in [0.717, 1.165) is 22.4 Å². The lowest BCUT2D eigenvalue weighted by Gasteiger charge is -2.11. The number of methoxy groups -OCH3 is 1. The molecule has 0 spiro atoms. The smallest absolute Gasteiger partial charge is 0.262 e. The summed E-state index contributed by atoms with van der Waals surface area (Å²) in [5.41, 5.74) is 3.51. The predicted octanol–water partition coefficient (Wildman–Crippen LogP) is 3.76. The number of fused-ring (bicyclic) bond motifs is 1. The van der Waals surface area contributed by atoms with Crippen LogP contribution in [0.15, 0.2) is 67.1 Å². The van der Waals surface area contributed by atoms with Crippen molar-refractivity contribution in [2.75, 3.05) is 19.0 Å². The number of carbonyl (C=O) groups excluding carboxylic acids is 1. The van der Waals surface area contributed by atoms with Crippen LogP contribution in [0.3, 0.4) is 0 Å². The van der Waals surface area contributed by atoms with Crippen LogP contribution in [0, 0.1) is 6.92 Å². The summed E-state index contributed by atoms with van der Waals surface area (Å²) in [5.74, 6) is 1.55. The van der Waals surface area contributed by atoms with Gasteiger partial charge in [-0.15, -0.1) is 0 Å². The van der Waals surface area contributed by atoms with Crippen LogP contribution in [0.4, 0.5) is 5.69 Å². The predicted molar refractivity (Wildman–Crippen MR) is 111 cm³/mol. The topological polar surface area (TPSA) is 78.3 Å². The van der Waals surface area contributed by atoms with Gasteiger partial charge in [0.25, 0.3) is 5.91 Å². The molecule has 1 amide bonds. The Labute approximate surface area is 167 Å². The molecule has 0 atom stereocenters. The Balaban J connectivity index is 1.40. The minimum absolute atomic E-state index is 0.132. The Morgan fingerprint density at radius 3 is 2.72 bits per heavy atom. The van der Waals surface area contributed by atoms with Gasteiger partial charge in [0.15, 0.2) is 18.1 Å². The zero-order valence-corrected chi connectivity index (χ0v) is 16.1. The Hall–Kier alpha value is -3.87. The minimum Gasteiger partial charge on any atom is -0.493 e. The molecule has 0 aliphatic carbocycles. The molecule has 2 heterocycles. The van der Waals surface area contributed by atoms with E-state index in [4.69, 9.17) is 9.47 Å². The number of benzene rings is 2. The average molecular weight is 388 g/mol. The molecule has 29 heavy (non-hydrogen) atoms. The molecule has 0 aliphatic rings. The molecule has 1 N–H and O–H groups in total. The van der Waals surface area contributed by atoms with Gasteiger partial charge >= 0.3 is 0 Å². The summed E-state index contributed by atoms with van der Waals surface area (Å²) in [6.45, 7) is 1.83. The van der Waals surface area contributed by atoms with Crippen molar-refractivity contribution in [1.82, 2.24) is 14.5 Å². The van der Waals surface area contributed by atoms with Crippen molar-refractivity contribution >= 4 is 22.6 Å². The third-order valence-electron chi connectivity index (χ3n) is 4.41. The first-order chi connectivity index (χ1) is 14.1. The number of carbonyl (C=O) groups is 1. The lowest BCUT2D eigenvalue weighted by atomic mass is 10.2. The number of amides is 1. The fourth-order valence-electron chi connectivity index (χ4n) is 2.98. The molecule has 0 fully saturated rings. The van der Waals surface area contributed by atoms with Crippen LogP contribution >= 0.6 is 0 Å². The van der Waals surface area contributed by atoms with Crippen molar-refractivity contribution in [3.8, 4) is 17.3 Å². The maximum Gasteiger partial charge on any atom is 0.262 e. The number of imidazole rings is 1. The third-order valence-corrected chi connectivity index (χ3v) is 4.41. The van der Waals surface area contributed by atoms with E-state index in [2.05, 4.69) is 15.3 Å². The number of pyridine rings is 1. The van der Waals surface area contributed by atoms with Crippen LogP contribution < -0.4 is 14.8 Å². The first-order valence-electron chi connectivity index (χ1n) is 9.10. The van der Waals surface area contributed by atoms with Gasteiger partial charge in [-0.05, 0) is 48.9 Å². The second-order valence-corrected chi connectivity index (χ2v) is 6.50. The number of hydrogen-bond donors (Lipinski definition) is 1. The summed E-state index contributed by atoms with van der Waals surface area (Å²) in [6.07, 6.45) is 3.34. The van der Waals surface area contributed by atoms with Crippen molar-refractivity contribution in [1.29, 1.82) is 0 Å². The van der Waals surface area contributed by atoms with Gasteiger partial charge in [0.05, 0.1) is 30.0 Å². The number of hydrogen-bond acceptors (Lipinski definition) is 5. The van der Waals surface area contributed by atoms with Crippen molar-refractivity contribution in [3.05, 3.63) is 72.7 Å². The Morgan fingerprint density at radius 1 is 1.07 bits per heavy atom. The highest BCUT2D eigenvalue weighted by Gasteiger charge is 2.09. The number of nitrogens with zero attached hydrogens (tertiary/aromatic N) is 3. The number of nitrogens with one attached hydrogen (secondary N) is 1. The van der Waals surface area contributed by atoms with Gasteiger partial charge in [0.1, 0.15) is 12.1 Å². The van der Waals surface area contributed by atoms with E-state index in [1.807, 2.05) is 54.0 Å². The van der Waals surface area contributed by atoms with Gasteiger partial charge in [-0.1, -0.05) is 18.2 Å². The Morgan fingerprint density at radius 2 is 1.93 bits per heavy atom. The summed E-state index contributed by atoms with van der Waals surface area (Å²) in [4.78, 5) is 21.0. The number of anilines is 1. The molecule has 0 unspecified atom stereocenters. The molecule has 7 nitrogen and oxygen atoms in total. The first-order valence-corrected chi connectivity index (χ1v) is 9.10. The highest BCUT2D eigenvalue weighted by atomic mass is 16.5. The molecule has 0 radical (unpaired) electrons. The highest BCUT2D eigenvalue weighted by molar-refractivity contribution is 5.91. The molecule has 0 bridgehead atoms. The van der Waals surface area contributed by atoms with Crippen molar-refractivity contribution in [2.45, 2.75) is 6.92 Å². The summed E-state index contributed by atoms with van der Waals surface area (Å²) in [6, 6.07) is 17.0. The van der Waals surface area contributed by atoms with Gasteiger partial charge in [0.2, 0.25) is 0 Å². The van der Waals surface area contributed by atoms with E-state index < -0.39 is 0 Å². The fourth-order valence-corrected chi connectivity index (χ4v) is 2.98. The van der Waals surface area contributed by atoms with E-state index in [1.165, 1.54) is 0 Å². The zero-order valence-electron chi connectivity index (χ0n) is 16.1. The fraction of sp³-hybridized carbons (Fsp3) is 0.136. The van der Waals surface area contributed by atoms with E-state index >= 15 is 0 Å². The molecule has 7 heteroatoms. The molecule has 4 aromatic rings. The van der Waals surface area contributed by atoms with Crippen LogP contribution in [0.25, 0.3) is 16.9 Å². The van der Waals surface area contributed by atoms with Crippen molar-refractivity contribution in [3.63, 3.8) is 0 Å². The summed E-state index contributed by atoms with van der Waals surface area (Å²) in [5, 5.41) is 2.78. The second-order valence-electron chi connectivity index (χ2n) is 6.50. The van der Waals surface area contributed by atoms with Crippen LogP contribution in [-0.4, -0.2) is 34.2 Å². The van der Waals surface area contributed by atoms with E-state index in [-0.39, 0.29) is 12.5 Å². The Bertz CT molecular complexity index is 1150. The first kappa shape index (κ1) is 18.5. The number of ether oxygens (including phenoxy) is 2. The van der Waals surface area contributed by atoms with Crippen LogP contribution in [0.5, 0.6) is 11.5 Å². The normalized spacial score (nSPS) is 10.7. The van der Waals surface area contributed by atoms with Crippen molar-refractivity contribution < 1.29 is 14.3 Å². The number of aromatic nitrogens is 3. The van der Waals surface area contributed by atoms with E-state index in [1.54, 1.807) is 31.8 Å². The molecule has 0 aliphatic heterocycles. The maximum absolute atomic E-state index is 12.2. The van der Waals surface area contributed by atoms with Crippen LogP contribution in [-0.2, 0) is 4.79 Å². The van der Waals surface area contributed by atoms with Gasteiger partial charge in [-0.2, -0.15) is 0 Å². The lowest BCUT2D eigenvalue weighted by Crippen LogP contribution is -2.20. The molecule has 2 aromatic carbocycles. The molecule has 4 rings (SSSR count). The Kier molecular flexibility index (Phi) is 5.11. The summed E-state index contributed by atoms with van der Waals surface area (Å²) < 4.78 is 12.8. The second kappa shape index (κ2) is 8.02. The standard InChI is InChI=1S/C22H20N4O3/c1-15-7-9-19(20(11-15)28-2)29-13-22(27)25-16-8-10-21(23-12-16)26-14-24-17-5-3-4-6-18(17)26/h3-12,14H,13H2,1-2H3,(H,25,27). The third kappa shape index (κ3) is 4.03. The largest absolute Gasteiger partial charge is 0.493 e. The minimum atomic E-state index is -0.282. The molecule has 2 aromatic heterocycles. The lowest BCUT2D eigenvalue weighted by molar-refractivity contribution is -0.118. The highest BCUT2D eigenvalue weighted by Crippen LogP contribution is 2.27. The number of aryl methyl sites for hydroxylation is 1. The summed E-state index contributed by atoms with van der Waals surface area (Å²) in [7, 11) is 1.57. The van der Waals surface area contributed by atoms with Gasteiger partial charge in [0, 0.05) is 0 Å². The van der Waals surface area contributed by atoms with Gasteiger partial charge in [-0.3, -0.25) is 9.36 Å². The van der Waals surface area contributed by atoms with E-state index in [0.29, 0.717) is 17.2 Å². The zero-order chi connectivity index (χ0) is 20.2. The SMILES string of the molecule is COc1cc(C)ccc1OCC(=O)Nc1ccc(-n2cnc3ccccc32)nc1. The molecule has 146 valence electrons. The monoisotopic (exact) mass is 388 g/mol. The molecular formula is C22H20N4O3. The van der Waals surface area contributed by atoms with Crippen LogP contribution in [0.1, 0.15) is 5.56 Å².